The second-order valence-electron chi connectivity index (χ2n) is 8.95. The normalized spacial score (nSPS) is 20.2. The summed E-state index contributed by atoms with van der Waals surface area (Å²) < 4.78 is 20.5. The lowest BCUT2D eigenvalue weighted by molar-refractivity contribution is -0.132. The monoisotopic (exact) mass is 559 g/mol. The van der Waals surface area contributed by atoms with Crippen LogP contribution in [0.5, 0.6) is 0 Å². The molecule has 0 saturated carbocycles. The Bertz CT molecular complexity index is 1350. The van der Waals surface area contributed by atoms with E-state index in [0.717, 1.165) is 13.1 Å². The average molecular weight is 560 g/mol. The molecule has 0 spiro atoms. The maximum atomic E-state index is 13.6. The zero-order valence-electron chi connectivity index (χ0n) is 20.1. The number of rotatable bonds is 6. The fraction of sp³-hybridized carbons (Fsp3) is 0.320. The molecule has 10 nitrogen and oxygen atoms in total. The number of morpholine rings is 1. The van der Waals surface area contributed by atoms with E-state index in [1.54, 1.807) is 29.2 Å². The summed E-state index contributed by atoms with van der Waals surface area (Å²) in [6.07, 6.45) is 4.93. The fourth-order valence-electron chi connectivity index (χ4n) is 4.71. The van der Waals surface area contributed by atoms with Crippen molar-refractivity contribution in [2.24, 2.45) is 0 Å². The van der Waals surface area contributed by atoms with Crippen molar-refractivity contribution in [3.8, 4) is 5.69 Å². The van der Waals surface area contributed by atoms with Gasteiger partial charge in [-0.2, -0.15) is 4.68 Å². The van der Waals surface area contributed by atoms with Gasteiger partial charge >= 0.3 is 0 Å². The number of amides is 2. The van der Waals surface area contributed by atoms with Gasteiger partial charge in [0.25, 0.3) is 0 Å². The van der Waals surface area contributed by atoms with E-state index in [1.807, 2.05) is 0 Å². The summed E-state index contributed by atoms with van der Waals surface area (Å²) >= 11 is 12.1. The molecule has 0 unspecified atom stereocenters. The first-order chi connectivity index (χ1) is 18.4. The molecule has 2 atom stereocenters. The van der Waals surface area contributed by atoms with Crippen LogP contribution in [0.1, 0.15) is 12.0 Å². The van der Waals surface area contributed by atoms with Crippen molar-refractivity contribution in [2.45, 2.75) is 18.5 Å². The number of halogens is 3. The van der Waals surface area contributed by atoms with Gasteiger partial charge in [0.1, 0.15) is 18.2 Å². The summed E-state index contributed by atoms with van der Waals surface area (Å²) in [5.74, 6) is -1.29. The molecule has 1 N–H and O–H groups in total. The van der Waals surface area contributed by atoms with Gasteiger partial charge in [-0.15, -0.1) is 5.10 Å². The topological polar surface area (TPSA) is 105 Å². The van der Waals surface area contributed by atoms with Crippen molar-refractivity contribution >= 4 is 46.8 Å². The molecular weight excluding hydrogens is 536 g/mol. The Balaban J connectivity index is 1.38. The van der Waals surface area contributed by atoms with E-state index >= 15 is 0 Å². The van der Waals surface area contributed by atoms with E-state index in [0.29, 0.717) is 48.1 Å². The van der Waals surface area contributed by atoms with Gasteiger partial charge in [0.2, 0.25) is 11.8 Å². The maximum absolute atomic E-state index is 13.6. The van der Waals surface area contributed by atoms with Crippen LogP contribution < -0.4 is 5.32 Å². The third-order valence-electron chi connectivity index (χ3n) is 6.60. The number of carbonyl (C=O) groups is 2. The molecule has 0 aliphatic carbocycles. The van der Waals surface area contributed by atoms with Crippen molar-refractivity contribution in [3.63, 3.8) is 0 Å². The van der Waals surface area contributed by atoms with Crippen LogP contribution in [0.15, 0.2) is 48.8 Å². The molecule has 3 heterocycles. The zero-order valence-corrected chi connectivity index (χ0v) is 21.6. The van der Waals surface area contributed by atoms with Gasteiger partial charge in [-0.3, -0.25) is 14.5 Å². The van der Waals surface area contributed by atoms with Crippen molar-refractivity contribution < 1.29 is 18.7 Å². The first-order valence-electron chi connectivity index (χ1n) is 12.0. The highest BCUT2D eigenvalue weighted by Gasteiger charge is 2.41. The molecule has 2 aliphatic rings. The Kier molecular flexibility index (Phi) is 7.98. The van der Waals surface area contributed by atoms with Gasteiger partial charge in [-0.25, -0.2) is 4.39 Å². The molecule has 2 fully saturated rings. The molecule has 0 bridgehead atoms. The SMILES string of the molecule is O=C(Nc1ccc(F)c(Cl)c1)[C@@H]1C[C@H](N2CCOCC2)CN1C(=O)C=Cc1cc(Cl)ccc1-n1cnnn1. The Hall–Kier alpha value is -3.38. The number of nitrogens with one attached hydrogen (secondary N) is 1. The minimum atomic E-state index is -0.734. The molecule has 13 heteroatoms. The summed E-state index contributed by atoms with van der Waals surface area (Å²) in [5.41, 5.74) is 1.62. The van der Waals surface area contributed by atoms with Gasteiger partial charge in [-0.05, 0) is 59.3 Å². The first kappa shape index (κ1) is 26.2. The van der Waals surface area contributed by atoms with E-state index in [2.05, 4.69) is 25.7 Å². The number of benzene rings is 2. The molecule has 2 aromatic carbocycles. The van der Waals surface area contributed by atoms with E-state index in [4.69, 9.17) is 27.9 Å². The average Bonchev–Trinajstić information content (AvgIpc) is 3.61. The number of tetrazole rings is 1. The van der Waals surface area contributed by atoms with E-state index < -0.39 is 11.9 Å². The van der Waals surface area contributed by atoms with Crippen molar-refractivity contribution in [1.82, 2.24) is 30.0 Å². The molecule has 2 saturated heterocycles. The third-order valence-corrected chi connectivity index (χ3v) is 7.13. The highest BCUT2D eigenvalue weighted by atomic mass is 35.5. The number of likely N-dealkylation sites (tertiary alicyclic amines) is 1. The van der Waals surface area contributed by atoms with Crippen LogP contribution in [0, 0.1) is 5.82 Å². The van der Waals surface area contributed by atoms with E-state index in [-0.39, 0.29) is 22.9 Å². The quantitative estimate of drug-likeness (QED) is 0.462. The van der Waals surface area contributed by atoms with Crippen molar-refractivity contribution in [1.29, 1.82) is 0 Å². The van der Waals surface area contributed by atoms with Gasteiger partial charge in [-0.1, -0.05) is 23.2 Å². The third kappa shape index (κ3) is 5.86. The van der Waals surface area contributed by atoms with Gasteiger partial charge in [0.15, 0.2) is 0 Å². The molecule has 5 rings (SSSR count). The highest BCUT2D eigenvalue weighted by Crippen LogP contribution is 2.27. The number of nitrogens with zero attached hydrogens (tertiary/aromatic N) is 6. The van der Waals surface area contributed by atoms with Crippen LogP contribution in [0.25, 0.3) is 11.8 Å². The molecule has 2 amide bonds. The van der Waals surface area contributed by atoms with Crippen LogP contribution in [0.4, 0.5) is 10.1 Å². The van der Waals surface area contributed by atoms with E-state index in [9.17, 15) is 14.0 Å². The summed E-state index contributed by atoms with van der Waals surface area (Å²) in [6, 6.07) is 8.36. The number of hydrogen-bond acceptors (Lipinski definition) is 7. The molecule has 38 heavy (non-hydrogen) atoms. The number of carbonyl (C=O) groups excluding carboxylic acids is 2. The summed E-state index contributed by atoms with van der Waals surface area (Å²) in [7, 11) is 0. The van der Waals surface area contributed by atoms with Crippen molar-refractivity contribution in [3.05, 3.63) is 70.2 Å². The Morgan fingerprint density at radius 1 is 1.13 bits per heavy atom. The summed E-state index contributed by atoms with van der Waals surface area (Å²) in [6.45, 7) is 3.03. The zero-order chi connectivity index (χ0) is 26.6. The van der Waals surface area contributed by atoms with Crippen LogP contribution in [0.3, 0.4) is 0 Å². The lowest BCUT2D eigenvalue weighted by Crippen LogP contribution is -2.45. The van der Waals surface area contributed by atoms with E-state index in [1.165, 1.54) is 35.3 Å². The molecule has 0 radical (unpaired) electrons. The predicted octanol–water partition coefficient (Wildman–Crippen LogP) is 3.06. The molecule has 1 aromatic heterocycles. The molecule has 3 aromatic rings. The molecular formula is C25H24Cl2FN7O3. The van der Waals surface area contributed by atoms with Crippen LogP contribution in [0.2, 0.25) is 10.0 Å². The van der Waals surface area contributed by atoms with Gasteiger partial charge in [0.05, 0.1) is 23.9 Å². The number of hydrogen-bond donors (Lipinski definition) is 1. The molecule has 198 valence electrons. The number of ether oxygens (including phenoxy) is 1. The number of anilines is 1. The fourth-order valence-corrected chi connectivity index (χ4v) is 5.07. The second-order valence-corrected chi connectivity index (χ2v) is 9.80. The lowest BCUT2D eigenvalue weighted by Gasteiger charge is -2.31. The van der Waals surface area contributed by atoms with Crippen LogP contribution in [-0.2, 0) is 14.3 Å². The van der Waals surface area contributed by atoms with Crippen LogP contribution in [-0.4, -0.2) is 86.8 Å². The number of aromatic nitrogens is 4. The standard InChI is InChI=1S/C25H24Cl2FN7O3/c26-17-2-5-22(35-15-29-31-32-35)16(11-17)1-6-24(36)34-14-19(33-7-9-38-10-8-33)13-23(34)25(37)30-18-3-4-21(28)20(27)12-18/h1-6,11-12,15,19,23H,7-10,13-14H2,(H,30,37)/t19-,23-/m0/s1. The Morgan fingerprint density at radius 2 is 1.95 bits per heavy atom. The highest BCUT2D eigenvalue weighted by molar-refractivity contribution is 6.31. The Morgan fingerprint density at radius 3 is 2.68 bits per heavy atom. The Labute approximate surface area is 227 Å². The summed E-state index contributed by atoms with van der Waals surface area (Å²) in [5, 5.41) is 14.4. The summed E-state index contributed by atoms with van der Waals surface area (Å²) in [4.78, 5) is 30.6. The van der Waals surface area contributed by atoms with Gasteiger partial charge in [0, 0.05) is 48.0 Å². The minimum absolute atomic E-state index is 0.00763. The van der Waals surface area contributed by atoms with Gasteiger partial charge < -0.3 is 15.0 Å². The van der Waals surface area contributed by atoms with Crippen LogP contribution >= 0.6 is 23.2 Å². The second kappa shape index (κ2) is 11.6. The molecule has 2 aliphatic heterocycles. The predicted molar refractivity (Wildman–Crippen MR) is 140 cm³/mol. The lowest BCUT2D eigenvalue weighted by atomic mass is 10.1. The smallest absolute Gasteiger partial charge is 0.247 e. The minimum Gasteiger partial charge on any atom is -0.379 e. The maximum Gasteiger partial charge on any atom is 0.247 e. The van der Waals surface area contributed by atoms with Crippen molar-refractivity contribution in [2.75, 3.05) is 38.2 Å². The first-order valence-corrected chi connectivity index (χ1v) is 12.7. The largest absolute Gasteiger partial charge is 0.379 e.